The van der Waals surface area contributed by atoms with Crippen LogP contribution in [0.5, 0.6) is 0 Å². The molecule has 0 aliphatic rings. The van der Waals surface area contributed by atoms with Gasteiger partial charge in [0.25, 0.3) is 11.6 Å². The van der Waals surface area contributed by atoms with E-state index in [1.807, 2.05) is 0 Å². The van der Waals surface area contributed by atoms with E-state index >= 15 is 0 Å². The zero-order valence-electron chi connectivity index (χ0n) is 10.3. The summed E-state index contributed by atoms with van der Waals surface area (Å²) in [6.07, 6.45) is 0. The third-order valence-corrected chi connectivity index (χ3v) is 3.94. The van der Waals surface area contributed by atoms with Crippen LogP contribution in [0.15, 0.2) is 45.3 Å². The molecule has 0 aliphatic heterocycles. The fourth-order valence-corrected chi connectivity index (χ4v) is 2.42. The number of nitro benzene ring substituents is 1. The molecular weight excluding hydrogens is 411 g/mol. The fraction of sp³-hybridized carbons (Fsp3) is 0. The quantitative estimate of drug-likeness (QED) is 0.589. The number of carbonyl (C=O) groups excluding carboxylic acids is 1. The van der Waals surface area contributed by atoms with Gasteiger partial charge < -0.3 is 5.32 Å². The van der Waals surface area contributed by atoms with Crippen LogP contribution in [0.3, 0.4) is 0 Å². The maximum absolute atomic E-state index is 13.2. The third kappa shape index (κ3) is 3.64. The first-order chi connectivity index (χ1) is 9.88. The Kier molecular flexibility index (Phi) is 4.69. The van der Waals surface area contributed by atoms with Crippen molar-refractivity contribution >= 4 is 49.1 Å². The van der Waals surface area contributed by atoms with Crippen molar-refractivity contribution in [2.45, 2.75) is 0 Å². The number of nitrogens with one attached hydrogen (secondary N) is 1. The van der Waals surface area contributed by atoms with Crippen LogP contribution in [-0.2, 0) is 0 Å². The maximum Gasteiger partial charge on any atom is 0.285 e. The number of hydrogen-bond donors (Lipinski definition) is 1. The molecule has 0 aromatic heterocycles. The summed E-state index contributed by atoms with van der Waals surface area (Å²) in [4.78, 5) is 22.3. The molecule has 0 bridgehead atoms. The van der Waals surface area contributed by atoms with E-state index in [2.05, 4.69) is 37.2 Å². The zero-order chi connectivity index (χ0) is 15.6. The number of anilines is 1. The molecule has 0 heterocycles. The van der Waals surface area contributed by atoms with Crippen molar-refractivity contribution in [2.75, 3.05) is 5.32 Å². The first-order valence-electron chi connectivity index (χ1n) is 5.59. The summed E-state index contributed by atoms with van der Waals surface area (Å²) < 4.78 is 13.9. The van der Waals surface area contributed by atoms with Crippen LogP contribution in [-0.4, -0.2) is 10.8 Å². The number of hydrogen-bond acceptors (Lipinski definition) is 3. The molecule has 2 aromatic carbocycles. The molecule has 21 heavy (non-hydrogen) atoms. The second-order valence-electron chi connectivity index (χ2n) is 4.00. The van der Waals surface area contributed by atoms with Gasteiger partial charge in [-0.3, -0.25) is 14.9 Å². The smallest absolute Gasteiger partial charge is 0.285 e. The third-order valence-electron chi connectivity index (χ3n) is 2.57. The average molecular weight is 418 g/mol. The molecule has 0 aliphatic carbocycles. The van der Waals surface area contributed by atoms with E-state index in [1.54, 1.807) is 0 Å². The van der Waals surface area contributed by atoms with Crippen LogP contribution in [0, 0.1) is 15.9 Å². The highest BCUT2D eigenvalue weighted by Crippen LogP contribution is 2.28. The Bertz CT molecular complexity index is 737. The number of nitro groups is 1. The minimum atomic E-state index is -0.572. The van der Waals surface area contributed by atoms with E-state index in [4.69, 9.17) is 0 Å². The summed E-state index contributed by atoms with van der Waals surface area (Å²) in [6, 6.07) is 7.87. The van der Waals surface area contributed by atoms with Crippen LogP contribution in [0.2, 0.25) is 0 Å². The molecular formula is C13H7Br2FN2O3. The van der Waals surface area contributed by atoms with Gasteiger partial charge in [0.15, 0.2) is 0 Å². The molecule has 5 nitrogen and oxygen atoms in total. The highest BCUT2D eigenvalue weighted by molar-refractivity contribution is 9.10. The lowest BCUT2D eigenvalue weighted by Crippen LogP contribution is -2.13. The Balaban J connectivity index is 2.29. The Morgan fingerprint density at radius 3 is 2.48 bits per heavy atom. The predicted octanol–water partition coefficient (Wildman–Crippen LogP) is 4.51. The van der Waals surface area contributed by atoms with Crippen LogP contribution < -0.4 is 5.32 Å². The van der Waals surface area contributed by atoms with Crippen LogP contribution in [0.4, 0.5) is 15.8 Å². The number of nitrogens with zero attached hydrogens (tertiary/aromatic N) is 1. The molecule has 0 saturated heterocycles. The van der Waals surface area contributed by atoms with E-state index in [9.17, 15) is 19.3 Å². The lowest BCUT2D eigenvalue weighted by Gasteiger charge is -2.07. The summed E-state index contributed by atoms with van der Waals surface area (Å²) in [7, 11) is 0. The van der Waals surface area contributed by atoms with Gasteiger partial charge in [-0.1, -0.05) is 0 Å². The van der Waals surface area contributed by atoms with Gasteiger partial charge in [0.1, 0.15) is 5.82 Å². The molecule has 0 fully saturated rings. The highest BCUT2D eigenvalue weighted by Gasteiger charge is 2.15. The van der Waals surface area contributed by atoms with Crippen LogP contribution in [0.1, 0.15) is 10.4 Å². The van der Waals surface area contributed by atoms with E-state index in [1.165, 1.54) is 30.3 Å². The predicted molar refractivity (Wildman–Crippen MR) is 82.8 cm³/mol. The van der Waals surface area contributed by atoms with E-state index in [0.29, 0.717) is 8.95 Å². The van der Waals surface area contributed by atoms with Crippen molar-refractivity contribution in [3.05, 3.63) is 66.8 Å². The highest BCUT2D eigenvalue weighted by atomic mass is 79.9. The van der Waals surface area contributed by atoms with Crippen molar-refractivity contribution in [1.82, 2.24) is 0 Å². The van der Waals surface area contributed by atoms with E-state index in [0.717, 1.165) is 6.07 Å². The van der Waals surface area contributed by atoms with Gasteiger partial charge in [0.2, 0.25) is 0 Å². The summed E-state index contributed by atoms with van der Waals surface area (Å²) in [5.74, 6) is -1.12. The van der Waals surface area contributed by atoms with Crippen LogP contribution in [0.25, 0.3) is 0 Å². The van der Waals surface area contributed by atoms with E-state index in [-0.39, 0.29) is 16.9 Å². The van der Waals surface area contributed by atoms with E-state index < -0.39 is 16.6 Å². The minimum absolute atomic E-state index is 0.0978. The Labute approximate surface area is 135 Å². The Hall–Kier alpha value is -1.80. The van der Waals surface area contributed by atoms with Gasteiger partial charge in [-0.25, -0.2) is 4.39 Å². The Morgan fingerprint density at radius 1 is 1.14 bits per heavy atom. The number of carbonyl (C=O) groups is 1. The number of benzene rings is 2. The molecule has 0 atom stereocenters. The fourth-order valence-electron chi connectivity index (χ4n) is 1.60. The van der Waals surface area contributed by atoms with Gasteiger partial charge in [-0.2, -0.15) is 0 Å². The standard InChI is InChI=1S/C13H7Br2FN2O3/c14-10-3-1-7(16)5-9(10)13(19)17-8-2-4-11(15)12(6-8)18(20)21/h1-6H,(H,17,19). The van der Waals surface area contributed by atoms with Gasteiger partial charge in [-0.15, -0.1) is 0 Å². The first kappa shape index (κ1) is 15.6. The second-order valence-corrected chi connectivity index (χ2v) is 5.71. The monoisotopic (exact) mass is 416 g/mol. The molecule has 0 saturated carbocycles. The normalized spacial score (nSPS) is 10.2. The molecule has 2 rings (SSSR count). The lowest BCUT2D eigenvalue weighted by atomic mass is 10.2. The van der Waals surface area contributed by atoms with Crippen molar-refractivity contribution in [3.63, 3.8) is 0 Å². The summed E-state index contributed by atoms with van der Waals surface area (Å²) in [5, 5.41) is 13.3. The number of halogens is 3. The molecule has 2 aromatic rings. The summed E-state index contributed by atoms with van der Waals surface area (Å²) in [5.41, 5.74) is 0.165. The van der Waals surface area contributed by atoms with Crippen molar-refractivity contribution in [1.29, 1.82) is 0 Å². The molecule has 1 amide bonds. The van der Waals surface area contributed by atoms with Crippen molar-refractivity contribution < 1.29 is 14.1 Å². The topological polar surface area (TPSA) is 72.2 Å². The molecule has 0 unspecified atom stereocenters. The average Bonchev–Trinajstić information content (AvgIpc) is 2.43. The molecule has 108 valence electrons. The summed E-state index contributed by atoms with van der Waals surface area (Å²) >= 11 is 6.20. The number of rotatable bonds is 3. The molecule has 8 heteroatoms. The summed E-state index contributed by atoms with van der Waals surface area (Å²) in [6.45, 7) is 0. The van der Waals surface area contributed by atoms with Gasteiger partial charge in [0, 0.05) is 16.2 Å². The minimum Gasteiger partial charge on any atom is -0.322 e. The zero-order valence-corrected chi connectivity index (χ0v) is 13.4. The molecule has 0 radical (unpaired) electrons. The van der Waals surface area contributed by atoms with Gasteiger partial charge in [0.05, 0.1) is 15.0 Å². The van der Waals surface area contributed by atoms with Crippen LogP contribution >= 0.6 is 31.9 Å². The molecule has 1 N–H and O–H groups in total. The van der Waals surface area contributed by atoms with Crippen molar-refractivity contribution in [3.8, 4) is 0 Å². The van der Waals surface area contributed by atoms with Gasteiger partial charge in [-0.05, 0) is 62.2 Å². The SMILES string of the molecule is O=C(Nc1ccc(Br)c([N+](=O)[O-])c1)c1cc(F)ccc1Br. The van der Waals surface area contributed by atoms with Gasteiger partial charge >= 0.3 is 0 Å². The first-order valence-corrected chi connectivity index (χ1v) is 7.17. The second kappa shape index (κ2) is 6.31. The number of amides is 1. The van der Waals surface area contributed by atoms with Crippen molar-refractivity contribution in [2.24, 2.45) is 0 Å². The maximum atomic E-state index is 13.2. The largest absolute Gasteiger partial charge is 0.322 e. The molecule has 0 spiro atoms. The Morgan fingerprint density at radius 2 is 1.81 bits per heavy atom. The lowest BCUT2D eigenvalue weighted by molar-refractivity contribution is -0.385.